The van der Waals surface area contributed by atoms with Crippen molar-refractivity contribution in [2.45, 2.75) is 25.2 Å². The van der Waals surface area contributed by atoms with Gasteiger partial charge in [0.25, 0.3) is 0 Å². The third kappa shape index (κ3) is 6.38. The lowest BCUT2D eigenvalue weighted by Gasteiger charge is -2.14. The normalized spacial score (nSPS) is 12.6. The zero-order chi connectivity index (χ0) is 22.5. The molecule has 0 atom stereocenters. The van der Waals surface area contributed by atoms with Crippen molar-refractivity contribution in [3.63, 3.8) is 0 Å². The summed E-state index contributed by atoms with van der Waals surface area (Å²) in [6.07, 6.45) is -7.91. The van der Waals surface area contributed by atoms with Crippen molar-refractivity contribution in [1.29, 1.82) is 0 Å². The van der Waals surface area contributed by atoms with E-state index in [1.54, 1.807) is 36.4 Å². The van der Waals surface area contributed by atoms with Gasteiger partial charge in [0.1, 0.15) is 11.5 Å². The Balaban J connectivity index is 1.73. The van der Waals surface area contributed by atoms with Gasteiger partial charge in [0.2, 0.25) is 0 Å². The first-order valence-corrected chi connectivity index (χ1v) is 9.40. The molecule has 3 aromatic rings. The fourth-order valence-electron chi connectivity index (χ4n) is 3.01. The Morgan fingerprint density at radius 1 is 0.742 bits per heavy atom. The first-order chi connectivity index (χ1) is 14.6. The summed E-state index contributed by atoms with van der Waals surface area (Å²) in [6.45, 7) is 0. The number of benzene rings is 3. The van der Waals surface area contributed by atoms with Crippen molar-refractivity contribution in [3.8, 4) is 11.5 Å². The van der Waals surface area contributed by atoms with Crippen LogP contribution >= 0.6 is 0 Å². The average molecular weight is 436 g/mol. The lowest BCUT2D eigenvalue weighted by molar-refractivity contribution is -0.137. The van der Waals surface area contributed by atoms with Crippen molar-refractivity contribution in [1.82, 2.24) is 0 Å². The maximum Gasteiger partial charge on any atom is 0.416 e. The molecule has 0 saturated heterocycles. The predicted octanol–water partition coefficient (Wildman–Crippen LogP) is 8.08. The highest BCUT2D eigenvalue weighted by atomic mass is 19.4. The van der Waals surface area contributed by atoms with Gasteiger partial charge in [-0.1, -0.05) is 48.5 Å². The Labute approximate surface area is 175 Å². The molecule has 31 heavy (non-hydrogen) atoms. The van der Waals surface area contributed by atoms with E-state index in [1.165, 1.54) is 0 Å². The number of para-hydroxylation sites is 1. The van der Waals surface area contributed by atoms with E-state index in [0.717, 1.165) is 23.8 Å². The molecule has 0 aliphatic rings. The summed E-state index contributed by atoms with van der Waals surface area (Å²) < 4.78 is 84.1. The molecule has 7 heteroatoms. The average Bonchev–Trinajstić information content (AvgIpc) is 2.71. The molecule has 1 nitrogen and oxygen atoms in total. The number of ether oxygens (including phenoxy) is 1. The molecule has 0 aromatic heterocycles. The smallest absolute Gasteiger partial charge is 0.416 e. The molecule has 0 spiro atoms. The molecule has 0 amide bonds. The number of halogens is 6. The van der Waals surface area contributed by atoms with Crippen LogP contribution in [0.15, 0.2) is 84.9 Å². The fourth-order valence-corrected chi connectivity index (χ4v) is 3.01. The van der Waals surface area contributed by atoms with Crippen molar-refractivity contribution >= 4 is 5.57 Å². The number of alkyl halides is 6. The Morgan fingerprint density at radius 2 is 1.39 bits per heavy atom. The Kier molecular flexibility index (Phi) is 6.73. The Morgan fingerprint density at radius 3 is 2.00 bits per heavy atom. The third-order valence-electron chi connectivity index (χ3n) is 4.49. The summed E-state index contributed by atoms with van der Waals surface area (Å²) in [5.74, 6) is 1.20. The zero-order valence-electron chi connectivity index (χ0n) is 16.2. The largest absolute Gasteiger partial charge is 0.457 e. The minimum absolute atomic E-state index is 0.0602. The van der Waals surface area contributed by atoms with Crippen LogP contribution in [0.3, 0.4) is 0 Å². The van der Waals surface area contributed by atoms with Crippen LogP contribution in [0.4, 0.5) is 26.3 Å². The first kappa shape index (κ1) is 22.5. The van der Waals surface area contributed by atoms with E-state index in [9.17, 15) is 26.3 Å². The van der Waals surface area contributed by atoms with Gasteiger partial charge in [0, 0.05) is 0 Å². The third-order valence-corrected chi connectivity index (χ3v) is 4.49. The van der Waals surface area contributed by atoms with Crippen LogP contribution in [-0.2, 0) is 12.6 Å². The highest BCUT2D eigenvalue weighted by molar-refractivity contribution is 5.69. The minimum Gasteiger partial charge on any atom is -0.457 e. The Bertz CT molecular complexity index is 1020. The van der Waals surface area contributed by atoms with Crippen molar-refractivity contribution in [3.05, 3.63) is 102 Å². The predicted molar refractivity (Wildman–Crippen MR) is 107 cm³/mol. The van der Waals surface area contributed by atoms with Gasteiger partial charge in [-0.05, 0) is 60.4 Å². The van der Waals surface area contributed by atoms with E-state index in [-0.39, 0.29) is 12.0 Å². The second kappa shape index (κ2) is 9.29. The van der Waals surface area contributed by atoms with Crippen LogP contribution in [0.25, 0.3) is 5.57 Å². The number of aryl methyl sites for hydroxylation is 1. The van der Waals surface area contributed by atoms with E-state index in [1.807, 2.05) is 18.2 Å². The summed E-state index contributed by atoms with van der Waals surface area (Å²) in [6, 6.07) is 19.1. The molecular weight excluding hydrogens is 418 g/mol. The molecule has 0 aliphatic heterocycles. The van der Waals surface area contributed by atoms with E-state index < -0.39 is 23.5 Å². The van der Waals surface area contributed by atoms with Crippen molar-refractivity contribution in [2.24, 2.45) is 0 Å². The van der Waals surface area contributed by atoms with Gasteiger partial charge in [0.05, 0.1) is 11.1 Å². The number of allylic oxidation sites excluding steroid dienone is 2. The van der Waals surface area contributed by atoms with Crippen LogP contribution < -0.4 is 4.74 Å². The van der Waals surface area contributed by atoms with Gasteiger partial charge >= 0.3 is 12.4 Å². The maximum absolute atomic E-state index is 13.5. The standard InChI is InChI=1S/C24H18F6O/c25-23(26,27)19-14-12-18(13-15-19)22(24(28,29)30)11-5-7-17-6-4-10-21(16-17)31-20-8-2-1-3-9-20/h1-4,6,8-16H,5,7H2. The molecular formula is C24H18F6O. The van der Waals surface area contributed by atoms with E-state index in [0.29, 0.717) is 30.1 Å². The van der Waals surface area contributed by atoms with Crippen molar-refractivity contribution < 1.29 is 31.1 Å². The van der Waals surface area contributed by atoms with E-state index >= 15 is 0 Å². The van der Waals surface area contributed by atoms with Crippen LogP contribution in [0, 0.1) is 0 Å². The molecule has 0 N–H and O–H groups in total. The topological polar surface area (TPSA) is 9.23 Å². The van der Waals surface area contributed by atoms with E-state index in [4.69, 9.17) is 4.74 Å². The highest BCUT2D eigenvalue weighted by Crippen LogP contribution is 2.36. The molecule has 0 unspecified atom stereocenters. The molecule has 0 fully saturated rings. The monoisotopic (exact) mass is 436 g/mol. The summed E-state index contributed by atoms with van der Waals surface area (Å²) >= 11 is 0. The second-order valence-electron chi connectivity index (χ2n) is 6.79. The van der Waals surface area contributed by atoms with Gasteiger partial charge in [-0.15, -0.1) is 0 Å². The second-order valence-corrected chi connectivity index (χ2v) is 6.79. The molecule has 0 bridgehead atoms. The maximum atomic E-state index is 13.5. The summed E-state index contributed by atoms with van der Waals surface area (Å²) in [5.41, 5.74) is -1.48. The Hall–Kier alpha value is -3.22. The molecule has 0 saturated carbocycles. The van der Waals surface area contributed by atoms with Gasteiger partial charge in [0.15, 0.2) is 0 Å². The van der Waals surface area contributed by atoms with Gasteiger partial charge in [-0.3, -0.25) is 0 Å². The summed E-state index contributed by atoms with van der Waals surface area (Å²) in [7, 11) is 0. The minimum atomic E-state index is -4.68. The fraction of sp³-hybridized carbons (Fsp3) is 0.167. The first-order valence-electron chi connectivity index (χ1n) is 9.40. The van der Waals surface area contributed by atoms with E-state index in [2.05, 4.69) is 0 Å². The lowest BCUT2D eigenvalue weighted by atomic mass is 10.0. The SMILES string of the molecule is FC(F)(F)C(=CCCc1cccc(Oc2ccccc2)c1)c1ccc(C(F)(F)F)cc1. The van der Waals surface area contributed by atoms with Crippen LogP contribution in [0.2, 0.25) is 0 Å². The van der Waals surface area contributed by atoms with Gasteiger partial charge < -0.3 is 4.74 Å². The molecule has 162 valence electrons. The highest BCUT2D eigenvalue weighted by Gasteiger charge is 2.35. The van der Waals surface area contributed by atoms with Gasteiger partial charge in [-0.25, -0.2) is 0 Å². The van der Waals surface area contributed by atoms with Crippen LogP contribution in [0.1, 0.15) is 23.1 Å². The lowest BCUT2D eigenvalue weighted by Crippen LogP contribution is -2.11. The number of rotatable bonds is 6. The van der Waals surface area contributed by atoms with Crippen molar-refractivity contribution in [2.75, 3.05) is 0 Å². The molecule has 0 aliphatic carbocycles. The summed E-state index contributed by atoms with van der Waals surface area (Å²) in [4.78, 5) is 0. The number of hydrogen-bond donors (Lipinski definition) is 0. The summed E-state index contributed by atoms with van der Waals surface area (Å²) in [5, 5.41) is 0. The molecule has 3 rings (SSSR count). The van der Waals surface area contributed by atoms with Crippen LogP contribution in [0.5, 0.6) is 11.5 Å². The molecule has 0 radical (unpaired) electrons. The van der Waals surface area contributed by atoms with Crippen LogP contribution in [-0.4, -0.2) is 6.18 Å². The zero-order valence-corrected chi connectivity index (χ0v) is 16.2. The molecule has 3 aromatic carbocycles. The quantitative estimate of drug-likeness (QED) is 0.355. The van der Waals surface area contributed by atoms with Gasteiger partial charge in [-0.2, -0.15) is 26.3 Å². The number of hydrogen-bond acceptors (Lipinski definition) is 1. The molecule has 0 heterocycles.